The molecule has 0 rings (SSSR count). The second kappa shape index (κ2) is 17.0. The second-order valence-corrected chi connectivity index (χ2v) is 3.93. The molecule has 0 aliphatic heterocycles. The van der Waals surface area contributed by atoms with E-state index in [1.165, 1.54) is 13.8 Å². The molecule has 126 valence electrons. The molecule has 0 saturated heterocycles. The van der Waals surface area contributed by atoms with E-state index in [1.54, 1.807) is 0 Å². The first-order chi connectivity index (χ1) is 9.61. The van der Waals surface area contributed by atoms with Crippen LogP contribution in [0.3, 0.4) is 0 Å². The minimum Gasteiger partial charge on any atom is -0.545 e. The van der Waals surface area contributed by atoms with Gasteiger partial charge in [0, 0.05) is 11.1 Å². The van der Waals surface area contributed by atoms with Gasteiger partial charge in [-0.25, -0.2) is 9.59 Å². The smallest absolute Gasteiger partial charge is 0.545 e. The van der Waals surface area contributed by atoms with Crippen molar-refractivity contribution in [2.45, 2.75) is 27.4 Å². The van der Waals surface area contributed by atoms with Crippen LogP contribution in [0.2, 0.25) is 0 Å². The summed E-state index contributed by atoms with van der Waals surface area (Å²) >= 11 is 0. The number of ether oxygens (including phenoxy) is 2. The van der Waals surface area contributed by atoms with E-state index in [0.29, 0.717) is 0 Å². The Morgan fingerprint density at radius 3 is 1.52 bits per heavy atom. The van der Waals surface area contributed by atoms with Gasteiger partial charge in [0.15, 0.2) is 0 Å². The van der Waals surface area contributed by atoms with Crippen molar-refractivity contribution in [1.29, 1.82) is 0 Å². The number of hydrogen-bond donors (Lipinski definition) is 1. The number of rotatable bonds is 7. The molecule has 0 aromatic rings. The Kier molecular flexibility index (Phi) is 21.8. The molecule has 8 heteroatoms. The number of aliphatic carboxylic acids is 1. The van der Waals surface area contributed by atoms with Crippen LogP contribution in [-0.4, -0.2) is 42.3 Å². The monoisotopic (exact) mass is 338 g/mol. The van der Waals surface area contributed by atoms with Gasteiger partial charge >= 0.3 is 41.5 Å². The fourth-order valence-electron chi connectivity index (χ4n) is 0.638. The zero-order valence-corrected chi connectivity index (χ0v) is 15.1. The van der Waals surface area contributed by atoms with E-state index in [2.05, 4.69) is 29.2 Å². The van der Waals surface area contributed by atoms with E-state index in [0.717, 1.165) is 6.08 Å². The Morgan fingerprint density at radius 2 is 1.35 bits per heavy atom. The first-order valence-corrected chi connectivity index (χ1v) is 5.78. The molecule has 0 fully saturated rings. The fraction of sp³-hybridized carbons (Fsp3) is 0.400. The Labute approximate surface area is 159 Å². The van der Waals surface area contributed by atoms with Crippen molar-refractivity contribution in [1.82, 2.24) is 0 Å². The maximum atomic E-state index is 10.9. The summed E-state index contributed by atoms with van der Waals surface area (Å²) in [6, 6.07) is 0. The second-order valence-electron chi connectivity index (χ2n) is 3.93. The number of hydrogen-bond acceptors (Lipinski definition) is 7. The largest absolute Gasteiger partial charge is 1.00 e. The van der Waals surface area contributed by atoms with Crippen LogP contribution in [0.5, 0.6) is 0 Å². The van der Waals surface area contributed by atoms with Crippen LogP contribution in [0, 0.1) is 0 Å². The van der Waals surface area contributed by atoms with Gasteiger partial charge in [-0.1, -0.05) is 27.2 Å². The molecule has 0 radical (unpaired) electrons. The van der Waals surface area contributed by atoms with Crippen LogP contribution in [0.25, 0.3) is 0 Å². The van der Waals surface area contributed by atoms with E-state index in [4.69, 9.17) is 9.90 Å². The van der Waals surface area contributed by atoms with Crippen LogP contribution in [0.15, 0.2) is 37.0 Å². The number of aliphatic hydroxyl groups is 1. The molecule has 0 spiro atoms. The summed E-state index contributed by atoms with van der Waals surface area (Å²) in [6.45, 7) is 12.2. The third-order valence-corrected chi connectivity index (χ3v) is 1.68. The molecule has 0 aliphatic rings. The molecule has 0 unspecified atom stereocenters. The average molecular weight is 338 g/mol. The quantitative estimate of drug-likeness (QED) is 0.302. The number of carbonyl (C=O) groups is 3. The van der Waals surface area contributed by atoms with Crippen LogP contribution in [0.1, 0.15) is 21.3 Å². The zero-order chi connectivity index (χ0) is 17.0. The summed E-state index contributed by atoms with van der Waals surface area (Å²) in [5.74, 6) is -2.42. The summed E-state index contributed by atoms with van der Waals surface area (Å²) in [6.07, 6.45) is -0.327. The number of esters is 2. The molecule has 0 bridgehead atoms. The molecular weight excluding hydrogens is 315 g/mol. The van der Waals surface area contributed by atoms with Crippen molar-refractivity contribution >= 4 is 17.9 Å². The molecule has 0 amide bonds. The summed E-state index contributed by atoms with van der Waals surface area (Å²) < 4.78 is 9.31. The molecule has 0 aliphatic carbocycles. The summed E-state index contributed by atoms with van der Waals surface area (Å²) in [5, 5.41) is 18.4. The number of carbonyl (C=O) groups excluding carboxylic acids is 3. The van der Waals surface area contributed by atoms with Crippen molar-refractivity contribution in [2.75, 3.05) is 13.2 Å². The van der Waals surface area contributed by atoms with Crippen molar-refractivity contribution in [3.8, 4) is 0 Å². The third kappa shape index (κ3) is 20.6. The van der Waals surface area contributed by atoms with Gasteiger partial charge in [-0.2, -0.15) is 0 Å². The molecule has 0 saturated carbocycles. The standard InChI is InChI=1S/C11H16O5.C3H4O2.CH4.Na/c1-7(2)10(13)15-5-9(12)6-16-11(14)8(3)4;1-2-3(4)5;;/h9,12H,1,3,5-6H2,2,4H3;2H,1H2,(H,4,5);1H4;/q;;;+1/p-1. The molecule has 0 aromatic heterocycles. The number of carboxylic acid groups (broad SMARTS) is 1. The minimum atomic E-state index is -1.23. The third-order valence-electron chi connectivity index (χ3n) is 1.68. The predicted octanol–water partition coefficient (Wildman–Crippen LogP) is -2.85. The first kappa shape index (κ1) is 29.6. The van der Waals surface area contributed by atoms with Crippen molar-refractivity contribution in [3.05, 3.63) is 37.0 Å². The average Bonchev–Trinajstić information content (AvgIpc) is 2.42. The molecule has 0 heterocycles. The van der Waals surface area contributed by atoms with Gasteiger partial charge in [0.2, 0.25) is 0 Å². The van der Waals surface area contributed by atoms with Crippen molar-refractivity contribution in [3.63, 3.8) is 0 Å². The van der Waals surface area contributed by atoms with Gasteiger partial charge in [0.05, 0.1) is 5.97 Å². The maximum absolute atomic E-state index is 10.9. The molecule has 23 heavy (non-hydrogen) atoms. The van der Waals surface area contributed by atoms with E-state index in [1.807, 2.05) is 0 Å². The summed E-state index contributed by atoms with van der Waals surface area (Å²) in [7, 11) is 0. The van der Waals surface area contributed by atoms with Gasteiger partial charge < -0.3 is 24.5 Å². The van der Waals surface area contributed by atoms with Gasteiger partial charge in [0.25, 0.3) is 0 Å². The van der Waals surface area contributed by atoms with E-state index in [9.17, 15) is 14.7 Å². The van der Waals surface area contributed by atoms with Gasteiger partial charge in [-0.15, -0.1) is 0 Å². The minimum absolute atomic E-state index is 0. The van der Waals surface area contributed by atoms with E-state index in [-0.39, 0.29) is 61.3 Å². The van der Waals surface area contributed by atoms with Crippen molar-refractivity contribution < 1.29 is 63.6 Å². The predicted molar refractivity (Wildman–Crippen MR) is 79.5 cm³/mol. The molecule has 0 aromatic carbocycles. The van der Waals surface area contributed by atoms with E-state index < -0.39 is 24.0 Å². The molecule has 7 nitrogen and oxygen atoms in total. The number of carboxylic acids is 1. The van der Waals surface area contributed by atoms with Crippen LogP contribution in [0.4, 0.5) is 0 Å². The van der Waals surface area contributed by atoms with Crippen LogP contribution < -0.4 is 34.7 Å². The number of aliphatic hydroxyl groups excluding tert-OH is 1. The maximum Gasteiger partial charge on any atom is 1.00 e. The Morgan fingerprint density at radius 1 is 1.09 bits per heavy atom. The Balaban J connectivity index is -0.000000225. The van der Waals surface area contributed by atoms with Gasteiger partial charge in [-0.3, -0.25) is 0 Å². The van der Waals surface area contributed by atoms with E-state index >= 15 is 0 Å². The van der Waals surface area contributed by atoms with Crippen molar-refractivity contribution in [2.24, 2.45) is 0 Å². The van der Waals surface area contributed by atoms with Crippen LogP contribution in [-0.2, 0) is 23.9 Å². The Hall–Kier alpha value is -1.41. The topological polar surface area (TPSA) is 113 Å². The normalized spacial score (nSPS) is 8.17. The fourth-order valence-corrected chi connectivity index (χ4v) is 0.638. The summed E-state index contributed by atoms with van der Waals surface area (Å²) in [5.41, 5.74) is 0.484. The molecule has 0 atom stereocenters. The van der Waals surface area contributed by atoms with Gasteiger partial charge in [-0.05, 0) is 19.9 Å². The summed E-state index contributed by atoms with van der Waals surface area (Å²) in [4.78, 5) is 31.0. The first-order valence-electron chi connectivity index (χ1n) is 5.78. The van der Waals surface area contributed by atoms with Crippen LogP contribution >= 0.6 is 0 Å². The zero-order valence-electron chi connectivity index (χ0n) is 13.1. The molecular formula is C15H23NaO7. The molecule has 1 N–H and O–H groups in total. The Bertz CT molecular complexity index is 400. The SMILES string of the molecule is C.C=C(C)C(=O)OCC(O)COC(=O)C(=C)C.C=CC(=O)[O-].[Na+]. The van der Waals surface area contributed by atoms with Gasteiger partial charge in [0.1, 0.15) is 19.3 Å².